The third-order valence-corrected chi connectivity index (χ3v) is 4.48. The van der Waals surface area contributed by atoms with Gasteiger partial charge < -0.3 is 10.5 Å². The molecule has 0 aliphatic carbocycles. The molecule has 1 aliphatic rings. The predicted octanol–water partition coefficient (Wildman–Crippen LogP) is 2.22. The minimum Gasteiger partial charge on any atom is -0.380 e. The van der Waals surface area contributed by atoms with Gasteiger partial charge in [-0.1, -0.05) is 19.9 Å². The number of methoxy groups -OCH3 is 1. The molecule has 2 heterocycles. The molecular formula is C16H27N3O. The topological polar surface area (TPSA) is 51.4 Å². The van der Waals surface area contributed by atoms with Crippen LogP contribution in [0.25, 0.3) is 0 Å². The van der Waals surface area contributed by atoms with Gasteiger partial charge in [-0.15, -0.1) is 0 Å². The summed E-state index contributed by atoms with van der Waals surface area (Å²) < 4.78 is 5.63. The van der Waals surface area contributed by atoms with Crippen LogP contribution in [-0.4, -0.2) is 42.2 Å². The standard InChI is InChI=1S/C16H27N3O/c1-4-13(17)16(14-7-5-6-9-18-14)19-10-8-12(2)15(11-19)20-3/h5-7,9,12-13,15-16H,4,8,10-11,17H2,1-3H3. The Balaban J connectivity index is 2.19. The van der Waals surface area contributed by atoms with Gasteiger partial charge in [-0.25, -0.2) is 0 Å². The summed E-state index contributed by atoms with van der Waals surface area (Å²) in [5.41, 5.74) is 7.45. The molecule has 1 aromatic rings. The second-order valence-corrected chi connectivity index (χ2v) is 5.81. The van der Waals surface area contributed by atoms with Gasteiger partial charge in [0.1, 0.15) is 0 Å². The molecular weight excluding hydrogens is 250 g/mol. The number of likely N-dealkylation sites (tertiary alicyclic amines) is 1. The van der Waals surface area contributed by atoms with Crippen LogP contribution < -0.4 is 5.73 Å². The second kappa shape index (κ2) is 7.16. The number of hydrogen-bond donors (Lipinski definition) is 1. The molecule has 1 aromatic heterocycles. The highest BCUT2D eigenvalue weighted by molar-refractivity contribution is 5.12. The first-order valence-corrected chi connectivity index (χ1v) is 7.60. The van der Waals surface area contributed by atoms with Gasteiger partial charge in [0.15, 0.2) is 0 Å². The van der Waals surface area contributed by atoms with E-state index in [0.717, 1.165) is 31.6 Å². The fourth-order valence-electron chi connectivity index (χ4n) is 3.07. The van der Waals surface area contributed by atoms with Crippen molar-refractivity contribution < 1.29 is 4.74 Å². The van der Waals surface area contributed by atoms with Gasteiger partial charge in [-0.2, -0.15) is 0 Å². The maximum atomic E-state index is 6.38. The van der Waals surface area contributed by atoms with E-state index in [1.54, 1.807) is 7.11 Å². The maximum absolute atomic E-state index is 6.38. The van der Waals surface area contributed by atoms with Crippen LogP contribution in [0.5, 0.6) is 0 Å². The molecule has 20 heavy (non-hydrogen) atoms. The van der Waals surface area contributed by atoms with Crippen LogP contribution in [0, 0.1) is 5.92 Å². The highest BCUT2D eigenvalue weighted by Gasteiger charge is 2.33. The molecule has 0 bridgehead atoms. The van der Waals surface area contributed by atoms with E-state index in [9.17, 15) is 0 Å². The fourth-order valence-corrected chi connectivity index (χ4v) is 3.07. The molecule has 0 amide bonds. The summed E-state index contributed by atoms with van der Waals surface area (Å²) >= 11 is 0. The molecule has 4 unspecified atom stereocenters. The minimum atomic E-state index is 0.107. The van der Waals surface area contributed by atoms with Crippen molar-refractivity contribution in [1.82, 2.24) is 9.88 Å². The highest BCUT2D eigenvalue weighted by Crippen LogP contribution is 2.29. The summed E-state index contributed by atoms with van der Waals surface area (Å²) in [6.45, 7) is 6.41. The second-order valence-electron chi connectivity index (χ2n) is 5.81. The molecule has 4 nitrogen and oxygen atoms in total. The van der Waals surface area contributed by atoms with E-state index >= 15 is 0 Å². The van der Waals surface area contributed by atoms with Crippen LogP contribution in [0.1, 0.15) is 38.4 Å². The van der Waals surface area contributed by atoms with E-state index in [2.05, 4.69) is 29.8 Å². The molecule has 4 atom stereocenters. The van der Waals surface area contributed by atoms with Gasteiger partial charge in [0, 0.05) is 25.9 Å². The Bertz CT molecular complexity index is 398. The third-order valence-electron chi connectivity index (χ3n) is 4.48. The molecule has 4 heteroatoms. The predicted molar refractivity (Wildman–Crippen MR) is 81.4 cm³/mol. The van der Waals surface area contributed by atoms with Gasteiger partial charge in [0.05, 0.1) is 17.8 Å². The van der Waals surface area contributed by atoms with Crippen LogP contribution >= 0.6 is 0 Å². The number of nitrogens with two attached hydrogens (primary N) is 1. The number of rotatable bonds is 5. The smallest absolute Gasteiger partial charge is 0.0724 e. The average Bonchev–Trinajstić information content (AvgIpc) is 2.50. The maximum Gasteiger partial charge on any atom is 0.0724 e. The van der Waals surface area contributed by atoms with Crippen LogP contribution in [0.15, 0.2) is 24.4 Å². The number of nitrogens with zero attached hydrogens (tertiary/aromatic N) is 2. The van der Waals surface area contributed by atoms with E-state index < -0.39 is 0 Å². The summed E-state index contributed by atoms with van der Waals surface area (Å²) in [5, 5.41) is 0. The molecule has 2 rings (SSSR count). The largest absolute Gasteiger partial charge is 0.380 e. The summed E-state index contributed by atoms with van der Waals surface area (Å²) in [6.07, 6.45) is 4.24. The van der Waals surface area contributed by atoms with Crippen LogP contribution in [0.2, 0.25) is 0 Å². The van der Waals surface area contributed by atoms with Crippen molar-refractivity contribution in [3.8, 4) is 0 Å². The molecule has 0 radical (unpaired) electrons. The van der Waals surface area contributed by atoms with Crippen molar-refractivity contribution in [2.75, 3.05) is 20.2 Å². The Morgan fingerprint density at radius 2 is 2.30 bits per heavy atom. The SMILES string of the molecule is CCC(N)C(c1ccccn1)N1CCC(C)C(OC)C1. The fraction of sp³-hybridized carbons (Fsp3) is 0.688. The summed E-state index contributed by atoms with van der Waals surface area (Å²) in [6, 6.07) is 6.37. The van der Waals surface area contributed by atoms with Crippen LogP contribution in [0.4, 0.5) is 0 Å². The number of pyridine rings is 1. The molecule has 112 valence electrons. The van der Waals surface area contributed by atoms with Gasteiger partial charge in [-0.3, -0.25) is 9.88 Å². The Morgan fingerprint density at radius 1 is 1.50 bits per heavy atom. The van der Waals surface area contributed by atoms with E-state index in [0.29, 0.717) is 12.0 Å². The molecule has 1 saturated heterocycles. The lowest BCUT2D eigenvalue weighted by molar-refractivity contribution is -0.0240. The first-order valence-electron chi connectivity index (χ1n) is 7.60. The third kappa shape index (κ3) is 3.37. The number of hydrogen-bond acceptors (Lipinski definition) is 4. The zero-order chi connectivity index (χ0) is 14.5. The first kappa shape index (κ1) is 15.4. The Labute approximate surface area is 122 Å². The molecule has 1 fully saturated rings. The quantitative estimate of drug-likeness (QED) is 0.896. The molecule has 0 spiro atoms. The Hall–Kier alpha value is -0.970. The number of piperidine rings is 1. The van der Waals surface area contributed by atoms with Gasteiger partial charge in [0.25, 0.3) is 0 Å². The lowest BCUT2D eigenvalue weighted by Crippen LogP contribution is -2.50. The average molecular weight is 277 g/mol. The molecule has 0 aromatic carbocycles. The first-order chi connectivity index (χ1) is 9.67. The van der Waals surface area contributed by atoms with Crippen LogP contribution in [-0.2, 0) is 4.74 Å². The van der Waals surface area contributed by atoms with E-state index in [4.69, 9.17) is 10.5 Å². The Kier molecular flexibility index (Phi) is 5.52. The van der Waals surface area contributed by atoms with E-state index in [1.165, 1.54) is 0 Å². The molecule has 0 saturated carbocycles. The lowest BCUT2D eigenvalue weighted by atomic mass is 9.91. The number of aromatic nitrogens is 1. The summed E-state index contributed by atoms with van der Waals surface area (Å²) in [7, 11) is 1.81. The molecule has 2 N–H and O–H groups in total. The van der Waals surface area contributed by atoms with Crippen molar-refractivity contribution in [3.63, 3.8) is 0 Å². The Morgan fingerprint density at radius 3 is 2.90 bits per heavy atom. The van der Waals surface area contributed by atoms with Crippen molar-refractivity contribution in [3.05, 3.63) is 30.1 Å². The zero-order valence-corrected chi connectivity index (χ0v) is 12.8. The number of ether oxygens (including phenoxy) is 1. The van der Waals surface area contributed by atoms with Gasteiger partial charge in [0.2, 0.25) is 0 Å². The summed E-state index contributed by atoms with van der Waals surface area (Å²) in [5.74, 6) is 0.610. The van der Waals surface area contributed by atoms with Gasteiger partial charge >= 0.3 is 0 Å². The van der Waals surface area contributed by atoms with Crippen molar-refractivity contribution in [1.29, 1.82) is 0 Å². The van der Waals surface area contributed by atoms with Crippen molar-refractivity contribution >= 4 is 0 Å². The van der Waals surface area contributed by atoms with Gasteiger partial charge in [-0.05, 0) is 37.4 Å². The monoisotopic (exact) mass is 277 g/mol. The summed E-state index contributed by atoms with van der Waals surface area (Å²) in [4.78, 5) is 6.98. The zero-order valence-electron chi connectivity index (χ0n) is 12.8. The normalized spacial score (nSPS) is 27.2. The van der Waals surface area contributed by atoms with E-state index in [-0.39, 0.29) is 12.1 Å². The minimum absolute atomic E-state index is 0.107. The molecule has 1 aliphatic heterocycles. The van der Waals surface area contributed by atoms with E-state index in [1.807, 2.05) is 18.3 Å². The van der Waals surface area contributed by atoms with Crippen molar-refractivity contribution in [2.24, 2.45) is 11.7 Å². The van der Waals surface area contributed by atoms with Crippen LogP contribution in [0.3, 0.4) is 0 Å². The highest BCUT2D eigenvalue weighted by atomic mass is 16.5. The lowest BCUT2D eigenvalue weighted by Gasteiger charge is -2.42. The van der Waals surface area contributed by atoms with Crippen molar-refractivity contribution in [2.45, 2.75) is 44.9 Å².